The standard InChI is InChI=1S/C17H35NO/c1-5-9-13-16(14-10-6-2)18(15-11-7-3)17(19)12-8-4/h16H,5-15H2,1-4H3. The summed E-state index contributed by atoms with van der Waals surface area (Å²) in [5, 5.41) is 0. The zero-order valence-electron chi connectivity index (χ0n) is 13.7. The van der Waals surface area contributed by atoms with Gasteiger partial charge in [0.25, 0.3) is 0 Å². The fourth-order valence-electron chi connectivity index (χ4n) is 2.53. The number of carbonyl (C=O) groups excluding carboxylic acids is 1. The number of hydrogen-bond donors (Lipinski definition) is 0. The van der Waals surface area contributed by atoms with Crippen molar-refractivity contribution in [1.29, 1.82) is 0 Å². The number of unbranched alkanes of at least 4 members (excludes halogenated alkanes) is 3. The van der Waals surface area contributed by atoms with Crippen LogP contribution in [-0.2, 0) is 4.79 Å². The monoisotopic (exact) mass is 269 g/mol. The fraction of sp³-hybridized carbons (Fsp3) is 0.941. The summed E-state index contributed by atoms with van der Waals surface area (Å²) >= 11 is 0. The zero-order valence-corrected chi connectivity index (χ0v) is 13.7. The molecule has 0 aromatic heterocycles. The third-order valence-corrected chi connectivity index (χ3v) is 3.76. The van der Waals surface area contributed by atoms with Crippen LogP contribution in [-0.4, -0.2) is 23.4 Å². The van der Waals surface area contributed by atoms with Gasteiger partial charge < -0.3 is 4.90 Å². The maximum Gasteiger partial charge on any atom is 0.222 e. The number of carbonyl (C=O) groups is 1. The second-order valence-electron chi connectivity index (χ2n) is 5.63. The molecule has 0 fully saturated rings. The highest BCUT2D eigenvalue weighted by Gasteiger charge is 2.21. The van der Waals surface area contributed by atoms with Crippen LogP contribution in [0, 0.1) is 0 Å². The van der Waals surface area contributed by atoms with Crippen LogP contribution in [0.15, 0.2) is 0 Å². The molecule has 0 aliphatic heterocycles. The molecule has 0 saturated heterocycles. The van der Waals surface area contributed by atoms with Gasteiger partial charge in [0.15, 0.2) is 0 Å². The Bertz CT molecular complexity index is 207. The molecule has 0 aromatic carbocycles. The van der Waals surface area contributed by atoms with Gasteiger partial charge in [-0.05, 0) is 25.7 Å². The van der Waals surface area contributed by atoms with Crippen molar-refractivity contribution in [3.8, 4) is 0 Å². The molecule has 0 spiro atoms. The van der Waals surface area contributed by atoms with E-state index in [0.717, 1.165) is 25.8 Å². The van der Waals surface area contributed by atoms with Crippen molar-refractivity contribution >= 4 is 5.91 Å². The molecular formula is C17H35NO. The summed E-state index contributed by atoms with van der Waals surface area (Å²) in [6, 6.07) is 0.491. The molecule has 0 atom stereocenters. The van der Waals surface area contributed by atoms with Crippen LogP contribution < -0.4 is 0 Å². The molecule has 0 unspecified atom stereocenters. The van der Waals surface area contributed by atoms with Gasteiger partial charge in [0, 0.05) is 19.0 Å². The van der Waals surface area contributed by atoms with Crippen molar-refractivity contribution in [2.75, 3.05) is 6.54 Å². The Hall–Kier alpha value is -0.530. The molecule has 114 valence electrons. The van der Waals surface area contributed by atoms with E-state index in [1.807, 2.05) is 0 Å². The fourth-order valence-corrected chi connectivity index (χ4v) is 2.53. The summed E-state index contributed by atoms with van der Waals surface area (Å²) < 4.78 is 0. The molecule has 2 heteroatoms. The Morgan fingerprint density at radius 3 is 1.79 bits per heavy atom. The Morgan fingerprint density at radius 2 is 1.37 bits per heavy atom. The summed E-state index contributed by atoms with van der Waals surface area (Å²) in [6.07, 6.45) is 11.3. The van der Waals surface area contributed by atoms with Gasteiger partial charge in [-0.3, -0.25) is 4.79 Å². The SMILES string of the molecule is CCCCC(CCCC)N(CCCC)C(=O)CCC. The predicted octanol–water partition coefficient (Wildman–Crippen LogP) is 5.16. The molecule has 1 amide bonds. The van der Waals surface area contributed by atoms with Gasteiger partial charge in [-0.25, -0.2) is 0 Å². The molecule has 19 heavy (non-hydrogen) atoms. The second-order valence-corrected chi connectivity index (χ2v) is 5.63. The Balaban J connectivity index is 4.61. The zero-order chi connectivity index (χ0) is 14.5. The molecule has 0 saturated carbocycles. The summed E-state index contributed by atoms with van der Waals surface area (Å²) in [6.45, 7) is 9.74. The van der Waals surface area contributed by atoms with E-state index in [1.165, 1.54) is 44.9 Å². The van der Waals surface area contributed by atoms with Crippen molar-refractivity contribution in [2.45, 2.75) is 97.9 Å². The van der Waals surface area contributed by atoms with Crippen molar-refractivity contribution in [3.05, 3.63) is 0 Å². The first-order valence-corrected chi connectivity index (χ1v) is 8.50. The van der Waals surface area contributed by atoms with E-state index in [9.17, 15) is 4.79 Å². The lowest BCUT2D eigenvalue weighted by Gasteiger charge is -2.32. The minimum Gasteiger partial charge on any atom is -0.340 e. The highest BCUT2D eigenvalue weighted by Crippen LogP contribution is 2.18. The number of amides is 1. The average molecular weight is 269 g/mol. The van der Waals surface area contributed by atoms with E-state index in [1.54, 1.807) is 0 Å². The first-order chi connectivity index (χ1) is 9.21. The van der Waals surface area contributed by atoms with Crippen LogP contribution in [0.1, 0.15) is 91.9 Å². The third-order valence-electron chi connectivity index (χ3n) is 3.76. The largest absolute Gasteiger partial charge is 0.340 e. The molecule has 0 bridgehead atoms. The number of hydrogen-bond acceptors (Lipinski definition) is 1. The minimum absolute atomic E-state index is 0.383. The van der Waals surface area contributed by atoms with Gasteiger partial charge in [-0.2, -0.15) is 0 Å². The van der Waals surface area contributed by atoms with Gasteiger partial charge in [-0.1, -0.05) is 59.8 Å². The van der Waals surface area contributed by atoms with E-state index in [4.69, 9.17) is 0 Å². The molecule has 0 aromatic rings. The van der Waals surface area contributed by atoms with Crippen LogP contribution in [0.25, 0.3) is 0 Å². The first kappa shape index (κ1) is 18.5. The highest BCUT2D eigenvalue weighted by atomic mass is 16.2. The summed E-state index contributed by atoms with van der Waals surface area (Å²) in [7, 11) is 0. The lowest BCUT2D eigenvalue weighted by molar-refractivity contribution is -0.134. The maximum absolute atomic E-state index is 12.3. The summed E-state index contributed by atoms with van der Waals surface area (Å²) in [5.74, 6) is 0.383. The van der Waals surface area contributed by atoms with Gasteiger partial charge in [0.05, 0.1) is 0 Å². The summed E-state index contributed by atoms with van der Waals surface area (Å²) in [5.41, 5.74) is 0. The quantitative estimate of drug-likeness (QED) is 0.479. The molecule has 0 aliphatic rings. The Kier molecular flexibility index (Phi) is 12.2. The Labute approximate surface area is 120 Å². The van der Waals surface area contributed by atoms with Crippen molar-refractivity contribution in [2.24, 2.45) is 0 Å². The molecule has 2 nitrogen and oxygen atoms in total. The van der Waals surface area contributed by atoms with E-state index < -0.39 is 0 Å². The molecule has 0 N–H and O–H groups in total. The Morgan fingerprint density at radius 1 is 0.842 bits per heavy atom. The third kappa shape index (κ3) is 8.28. The van der Waals surface area contributed by atoms with E-state index in [-0.39, 0.29) is 0 Å². The van der Waals surface area contributed by atoms with Crippen LogP contribution in [0.4, 0.5) is 0 Å². The number of rotatable bonds is 12. The predicted molar refractivity (Wildman–Crippen MR) is 84.4 cm³/mol. The van der Waals surface area contributed by atoms with E-state index >= 15 is 0 Å². The topological polar surface area (TPSA) is 20.3 Å². The summed E-state index contributed by atoms with van der Waals surface area (Å²) in [4.78, 5) is 14.5. The number of nitrogens with zero attached hydrogens (tertiary/aromatic N) is 1. The van der Waals surface area contributed by atoms with Crippen molar-refractivity contribution in [1.82, 2.24) is 4.90 Å². The van der Waals surface area contributed by atoms with Crippen molar-refractivity contribution in [3.63, 3.8) is 0 Å². The minimum atomic E-state index is 0.383. The maximum atomic E-state index is 12.3. The first-order valence-electron chi connectivity index (χ1n) is 8.50. The second kappa shape index (κ2) is 12.5. The molecule has 0 aliphatic carbocycles. The molecule has 0 heterocycles. The van der Waals surface area contributed by atoms with Crippen LogP contribution in [0.3, 0.4) is 0 Å². The van der Waals surface area contributed by atoms with E-state index in [0.29, 0.717) is 11.9 Å². The molecule has 0 radical (unpaired) electrons. The van der Waals surface area contributed by atoms with Gasteiger partial charge in [-0.15, -0.1) is 0 Å². The van der Waals surface area contributed by atoms with Crippen LogP contribution in [0.2, 0.25) is 0 Å². The van der Waals surface area contributed by atoms with Gasteiger partial charge in [0.1, 0.15) is 0 Å². The van der Waals surface area contributed by atoms with Gasteiger partial charge in [0.2, 0.25) is 5.91 Å². The van der Waals surface area contributed by atoms with E-state index in [2.05, 4.69) is 32.6 Å². The van der Waals surface area contributed by atoms with Crippen molar-refractivity contribution < 1.29 is 4.79 Å². The molecule has 0 rings (SSSR count). The normalized spacial score (nSPS) is 11.0. The van der Waals surface area contributed by atoms with Crippen LogP contribution >= 0.6 is 0 Å². The highest BCUT2D eigenvalue weighted by molar-refractivity contribution is 5.76. The molecular weight excluding hydrogens is 234 g/mol. The lowest BCUT2D eigenvalue weighted by atomic mass is 10.0. The lowest BCUT2D eigenvalue weighted by Crippen LogP contribution is -2.41. The van der Waals surface area contributed by atoms with Crippen LogP contribution in [0.5, 0.6) is 0 Å². The van der Waals surface area contributed by atoms with Gasteiger partial charge >= 0.3 is 0 Å². The smallest absolute Gasteiger partial charge is 0.222 e. The average Bonchev–Trinajstić information content (AvgIpc) is 2.41.